The summed E-state index contributed by atoms with van der Waals surface area (Å²) in [5.41, 5.74) is 0.559. The number of rotatable bonds is 4. The highest BCUT2D eigenvalue weighted by atomic mass is 35.5. The van der Waals surface area contributed by atoms with Gasteiger partial charge in [-0.3, -0.25) is 9.88 Å². The van der Waals surface area contributed by atoms with Crippen molar-refractivity contribution in [1.82, 2.24) is 19.9 Å². The van der Waals surface area contributed by atoms with Crippen molar-refractivity contribution in [3.8, 4) is 0 Å². The van der Waals surface area contributed by atoms with E-state index >= 15 is 0 Å². The molecule has 2 unspecified atom stereocenters. The number of halogens is 4. The molecular weight excluding hydrogens is 461 g/mol. The van der Waals surface area contributed by atoms with Gasteiger partial charge in [0.1, 0.15) is 22.8 Å². The summed E-state index contributed by atoms with van der Waals surface area (Å²) >= 11 is 6.31. The van der Waals surface area contributed by atoms with Gasteiger partial charge >= 0.3 is 0 Å². The van der Waals surface area contributed by atoms with Gasteiger partial charge in [0.15, 0.2) is 5.67 Å². The number of piperidine rings is 1. The van der Waals surface area contributed by atoms with Crippen molar-refractivity contribution in [1.29, 1.82) is 0 Å². The molecule has 34 heavy (non-hydrogen) atoms. The molecule has 0 amide bonds. The normalized spacial score (nSPS) is 27.0. The van der Waals surface area contributed by atoms with Crippen molar-refractivity contribution >= 4 is 28.6 Å². The zero-order valence-corrected chi connectivity index (χ0v) is 19.6. The quantitative estimate of drug-likeness (QED) is 0.414. The highest BCUT2D eigenvalue weighted by Gasteiger charge is 2.46. The van der Waals surface area contributed by atoms with E-state index in [9.17, 15) is 13.2 Å². The van der Waals surface area contributed by atoms with Crippen LogP contribution in [0.15, 0.2) is 36.3 Å². The van der Waals surface area contributed by atoms with Crippen molar-refractivity contribution < 1.29 is 13.2 Å². The van der Waals surface area contributed by atoms with Crippen LogP contribution in [-0.2, 0) is 0 Å². The maximum Gasteiger partial charge on any atom is 0.181 e. The number of nitrogens with one attached hydrogen (secondary N) is 1. The summed E-state index contributed by atoms with van der Waals surface area (Å²) in [6.45, 7) is 2.90. The van der Waals surface area contributed by atoms with Crippen LogP contribution in [0.4, 0.5) is 13.2 Å². The summed E-state index contributed by atoms with van der Waals surface area (Å²) < 4.78 is 43.0. The second-order valence-electron chi connectivity index (χ2n) is 10.0. The minimum absolute atomic E-state index is 0.0735. The number of alkyl halides is 2. The summed E-state index contributed by atoms with van der Waals surface area (Å²) in [5, 5.41) is -0.255. The number of H-pyrrole nitrogens is 1. The van der Waals surface area contributed by atoms with Gasteiger partial charge in [0.2, 0.25) is 0 Å². The fourth-order valence-corrected chi connectivity index (χ4v) is 5.88. The number of fused-ring (bicyclic) bond motifs is 2. The third-order valence-corrected chi connectivity index (χ3v) is 8.32. The van der Waals surface area contributed by atoms with Crippen LogP contribution in [0, 0.1) is 11.7 Å². The summed E-state index contributed by atoms with van der Waals surface area (Å²) in [5.74, 6) is 0.406. The highest BCUT2D eigenvalue weighted by molar-refractivity contribution is 6.22. The van der Waals surface area contributed by atoms with E-state index in [1.165, 1.54) is 6.07 Å². The lowest BCUT2D eigenvalue weighted by Crippen LogP contribution is -2.37. The fourth-order valence-electron chi connectivity index (χ4n) is 5.61. The van der Waals surface area contributed by atoms with E-state index < -0.39 is 16.9 Å². The number of likely N-dealkylation sites (tertiary alicyclic amines) is 1. The van der Waals surface area contributed by atoms with Crippen LogP contribution in [0.1, 0.15) is 72.7 Å². The van der Waals surface area contributed by atoms with Gasteiger partial charge in [-0.2, -0.15) is 0 Å². The highest BCUT2D eigenvalue weighted by Crippen LogP contribution is 2.49. The Morgan fingerprint density at radius 3 is 2.65 bits per heavy atom. The number of allylic oxidation sites excluding steroid dienone is 1. The molecule has 3 heterocycles. The van der Waals surface area contributed by atoms with Gasteiger partial charge in [-0.1, -0.05) is 0 Å². The summed E-state index contributed by atoms with van der Waals surface area (Å²) in [6, 6.07) is 6.84. The van der Waals surface area contributed by atoms with Crippen LogP contribution in [-0.4, -0.2) is 38.6 Å². The van der Waals surface area contributed by atoms with Crippen molar-refractivity contribution in [2.24, 2.45) is 5.92 Å². The Labute approximate surface area is 201 Å². The summed E-state index contributed by atoms with van der Waals surface area (Å²) in [7, 11) is 0. The molecule has 3 aromatic rings. The first-order valence-electron chi connectivity index (χ1n) is 11.9. The average molecular weight is 487 g/mol. The van der Waals surface area contributed by atoms with Crippen LogP contribution in [0.3, 0.4) is 0 Å². The van der Waals surface area contributed by atoms with Gasteiger partial charge in [0.05, 0.1) is 22.9 Å². The Morgan fingerprint density at radius 1 is 1.15 bits per heavy atom. The number of aromatic nitrogens is 3. The largest absolute Gasteiger partial charge is 0.343 e. The minimum atomic E-state index is -2.25. The van der Waals surface area contributed by atoms with Crippen LogP contribution in [0.5, 0.6) is 0 Å². The SMILES string of the molecule is CC1(F)C(F)=Cc2nc([C@@H](C3CC3)N3CCC(c4ccnc5ccc(F)cc45)CC3)[nH]c2C1Cl. The van der Waals surface area contributed by atoms with Gasteiger partial charge < -0.3 is 4.98 Å². The number of aromatic amines is 1. The number of pyridine rings is 1. The van der Waals surface area contributed by atoms with Gasteiger partial charge in [0, 0.05) is 17.7 Å². The van der Waals surface area contributed by atoms with E-state index in [-0.39, 0.29) is 11.9 Å². The Balaban J connectivity index is 1.25. The van der Waals surface area contributed by atoms with E-state index in [0.29, 0.717) is 23.2 Å². The van der Waals surface area contributed by atoms with E-state index in [4.69, 9.17) is 11.6 Å². The van der Waals surface area contributed by atoms with Crippen molar-refractivity contribution in [2.75, 3.05) is 13.1 Å². The third kappa shape index (κ3) is 3.64. The van der Waals surface area contributed by atoms with E-state index in [1.807, 2.05) is 6.07 Å². The van der Waals surface area contributed by atoms with Crippen LogP contribution < -0.4 is 0 Å². The van der Waals surface area contributed by atoms with E-state index in [1.54, 1.807) is 18.3 Å². The maximum atomic E-state index is 14.8. The second kappa shape index (κ2) is 8.09. The van der Waals surface area contributed by atoms with Gasteiger partial charge in [-0.15, -0.1) is 11.6 Å². The number of hydrogen-bond acceptors (Lipinski definition) is 3. The predicted octanol–water partition coefficient (Wildman–Crippen LogP) is 6.76. The molecule has 1 N–H and O–H groups in total. The lowest BCUT2D eigenvalue weighted by molar-refractivity contribution is 0.131. The van der Waals surface area contributed by atoms with Gasteiger partial charge in [0.25, 0.3) is 0 Å². The van der Waals surface area contributed by atoms with Crippen LogP contribution in [0.2, 0.25) is 0 Å². The number of benzene rings is 1. The van der Waals surface area contributed by atoms with E-state index in [2.05, 4.69) is 19.9 Å². The molecule has 2 aliphatic carbocycles. The molecule has 1 aromatic carbocycles. The third-order valence-electron chi connectivity index (χ3n) is 7.69. The van der Waals surface area contributed by atoms with Gasteiger partial charge in [-0.25, -0.2) is 18.2 Å². The predicted molar refractivity (Wildman–Crippen MR) is 126 cm³/mol. The first kappa shape index (κ1) is 22.1. The smallest absolute Gasteiger partial charge is 0.181 e. The zero-order chi connectivity index (χ0) is 23.6. The minimum Gasteiger partial charge on any atom is -0.343 e. The maximum absolute atomic E-state index is 14.8. The first-order chi connectivity index (χ1) is 16.3. The summed E-state index contributed by atoms with van der Waals surface area (Å²) in [6.07, 6.45) is 7.07. The number of hydrogen-bond donors (Lipinski definition) is 1. The van der Waals surface area contributed by atoms with Gasteiger partial charge in [-0.05, 0) is 87.4 Å². The van der Waals surface area contributed by atoms with Crippen LogP contribution in [0.25, 0.3) is 17.0 Å². The molecule has 2 fully saturated rings. The Morgan fingerprint density at radius 2 is 1.91 bits per heavy atom. The van der Waals surface area contributed by atoms with E-state index in [0.717, 1.165) is 74.1 Å². The Bertz CT molecular complexity index is 1270. The zero-order valence-electron chi connectivity index (χ0n) is 18.9. The lowest BCUT2D eigenvalue weighted by Gasteiger charge is -2.37. The molecule has 1 saturated heterocycles. The second-order valence-corrected chi connectivity index (χ2v) is 10.4. The molecule has 0 radical (unpaired) electrons. The molecule has 0 bridgehead atoms. The molecule has 6 rings (SSSR count). The molecule has 1 saturated carbocycles. The standard InChI is InChI=1S/C26H26ClF3N4/c1-26(30)21(29)13-20-22(24(26)27)33-25(32-20)23(15-2-3-15)34-10-7-14(8-11-34)17-6-9-31-19-5-4-16(28)12-18(17)19/h4-6,9,12-15,23-24H,2-3,7-8,10-11H2,1H3,(H,32,33)/t23-,24?,26?/m1/s1. The molecule has 4 nitrogen and oxygen atoms in total. The first-order valence-corrected chi connectivity index (χ1v) is 12.3. The molecule has 2 aromatic heterocycles. The molecule has 1 aliphatic heterocycles. The fraction of sp³-hybridized carbons (Fsp3) is 0.462. The molecular formula is C26H26ClF3N4. The molecule has 178 valence electrons. The molecule has 3 aliphatic rings. The van der Waals surface area contributed by atoms with Crippen LogP contribution >= 0.6 is 11.6 Å². The average Bonchev–Trinajstić information content (AvgIpc) is 3.57. The summed E-state index contributed by atoms with van der Waals surface area (Å²) in [4.78, 5) is 14.8. The van der Waals surface area contributed by atoms with Crippen molar-refractivity contribution in [2.45, 2.75) is 55.6 Å². The topological polar surface area (TPSA) is 44.8 Å². The van der Waals surface area contributed by atoms with Crippen molar-refractivity contribution in [3.05, 3.63) is 64.9 Å². The monoisotopic (exact) mass is 486 g/mol. The Hall–Kier alpha value is -2.38. The van der Waals surface area contributed by atoms with Crippen molar-refractivity contribution in [3.63, 3.8) is 0 Å². The number of imidazole rings is 1. The lowest BCUT2D eigenvalue weighted by atomic mass is 9.86. The molecule has 3 atom stereocenters. The molecule has 8 heteroatoms. The number of nitrogens with zero attached hydrogens (tertiary/aromatic N) is 3. The Kier molecular flexibility index (Phi) is 5.26. The molecule has 0 spiro atoms.